The van der Waals surface area contributed by atoms with Crippen LogP contribution in [0.4, 0.5) is 0 Å². The van der Waals surface area contributed by atoms with Crippen LogP contribution in [0, 0.1) is 0 Å². The molecule has 0 radical (unpaired) electrons. The third kappa shape index (κ3) is 12.6. The summed E-state index contributed by atoms with van der Waals surface area (Å²) in [5.74, 6) is 0.663. The minimum atomic E-state index is -1.10. The highest BCUT2D eigenvalue weighted by molar-refractivity contribution is 8.13. The molecule has 0 spiro atoms. The molecule has 13 heavy (non-hydrogen) atoms. The highest BCUT2D eigenvalue weighted by atomic mass is 35.7. The number of halogens is 1. The summed E-state index contributed by atoms with van der Waals surface area (Å²) in [5, 5.41) is 0. The summed E-state index contributed by atoms with van der Waals surface area (Å²) in [7, 11) is 4.23. The summed E-state index contributed by atoms with van der Waals surface area (Å²) in [6.45, 7) is 2.23. The lowest BCUT2D eigenvalue weighted by Gasteiger charge is -2.01. The number of unbranched alkanes of at least 4 members (excludes halogenated alkanes) is 7. The Morgan fingerprint density at radius 3 is 1.85 bits per heavy atom. The van der Waals surface area contributed by atoms with Crippen molar-refractivity contribution in [2.45, 2.75) is 58.3 Å². The van der Waals surface area contributed by atoms with E-state index in [9.17, 15) is 4.55 Å². The number of hydrogen-bond acceptors (Lipinski definition) is 1. The zero-order chi connectivity index (χ0) is 9.94. The fourth-order valence-electron chi connectivity index (χ4n) is 1.35. The van der Waals surface area contributed by atoms with Crippen LogP contribution in [0.2, 0.25) is 0 Å². The van der Waals surface area contributed by atoms with Crippen LogP contribution in [0.15, 0.2) is 0 Å². The van der Waals surface area contributed by atoms with Crippen LogP contribution in [-0.4, -0.2) is 10.3 Å². The zero-order valence-electron chi connectivity index (χ0n) is 8.56. The van der Waals surface area contributed by atoms with Gasteiger partial charge in [-0.25, -0.2) is 0 Å². The first-order valence-electron chi connectivity index (χ1n) is 5.32. The average Bonchev–Trinajstić information content (AvgIpc) is 2.09. The molecule has 3 heteroatoms. The summed E-state index contributed by atoms with van der Waals surface area (Å²) in [4.78, 5) is 0. The maximum Gasteiger partial charge on any atom is 0.174 e. The second-order valence-electron chi connectivity index (χ2n) is 3.47. The van der Waals surface area contributed by atoms with E-state index in [1.54, 1.807) is 0 Å². The van der Waals surface area contributed by atoms with Gasteiger partial charge in [0.1, 0.15) is 5.75 Å². The van der Waals surface area contributed by atoms with E-state index in [2.05, 4.69) is 6.92 Å². The van der Waals surface area contributed by atoms with Gasteiger partial charge >= 0.3 is 0 Å². The van der Waals surface area contributed by atoms with Crippen molar-refractivity contribution in [3.05, 3.63) is 0 Å². The molecule has 0 N–H and O–H groups in total. The van der Waals surface area contributed by atoms with E-state index in [1.807, 2.05) is 0 Å². The molecule has 0 saturated carbocycles. The molecule has 1 unspecified atom stereocenters. The summed E-state index contributed by atoms with van der Waals surface area (Å²) in [6, 6.07) is 0. The first-order chi connectivity index (χ1) is 6.27. The van der Waals surface area contributed by atoms with Crippen molar-refractivity contribution in [2.75, 3.05) is 5.75 Å². The van der Waals surface area contributed by atoms with Crippen molar-refractivity contribution in [1.29, 1.82) is 0 Å². The average molecular weight is 225 g/mol. The molecule has 0 amide bonds. The third-order valence-corrected chi connectivity index (χ3v) is 3.23. The van der Waals surface area contributed by atoms with E-state index in [0.717, 1.165) is 6.42 Å². The van der Waals surface area contributed by atoms with E-state index >= 15 is 0 Å². The molecular formula is C10H21ClOS. The van der Waals surface area contributed by atoms with E-state index in [1.165, 1.54) is 44.9 Å². The van der Waals surface area contributed by atoms with Crippen LogP contribution < -0.4 is 0 Å². The molecule has 0 aromatic heterocycles. The first kappa shape index (κ1) is 13.6. The second-order valence-corrected chi connectivity index (χ2v) is 5.49. The van der Waals surface area contributed by atoms with Gasteiger partial charge in [-0.05, 0) is 12.8 Å². The Balaban J connectivity index is 2.84. The SMILES string of the molecule is CCCCCCCCCC[S+]([O-])Cl. The molecule has 0 heterocycles. The fourth-order valence-corrected chi connectivity index (χ4v) is 2.11. The smallest absolute Gasteiger partial charge is 0.174 e. The molecule has 1 atom stereocenters. The maximum atomic E-state index is 10.5. The van der Waals surface area contributed by atoms with Crippen molar-refractivity contribution in [2.24, 2.45) is 0 Å². The van der Waals surface area contributed by atoms with Crippen molar-refractivity contribution < 1.29 is 4.55 Å². The first-order valence-corrected chi connectivity index (χ1v) is 7.46. The summed E-state index contributed by atoms with van der Waals surface area (Å²) in [5.41, 5.74) is 0. The Bertz CT molecular complexity index is 98.9. The molecule has 0 aromatic carbocycles. The van der Waals surface area contributed by atoms with E-state index < -0.39 is 10.4 Å². The van der Waals surface area contributed by atoms with E-state index in [0.29, 0.717) is 5.75 Å². The zero-order valence-corrected chi connectivity index (χ0v) is 10.1. The Labute approximate surface area is 89.9 Å². The lowest BCUT2D eigenvalue weighted by molar-refractivity contribution is 0.577. The topological polar surface area (TPSA) is 23.1 Å². The molecule has 0 rings (SSSR count). The maximum absolute atomic E-state index is 10.5. The number of rotatable bonds is 9. The molecule has 0 aromatic rings. The largest absolute Gasteiger partial charge is 0.599 e. The molecule has 0 aliphatic carbocycles. The molecule has 0 aliphatic rings. The lowest BCUT2D eigenvalue weighted by atomic mass is 10.1. The van der Waals surface area contributed by atoms with Gasteiger partial charge in [0.15, 0.2) is 10.7 Å². The van der Waals surface area contributed by atoms with Crippen LogP contribution in [0.3, 0.4) is 0 Å². The summed E-state index contributed by atoms with van der Waals surface area (Å²) >= 11 is 0. The van der Waals surface area contributed by atoms with E-state index in [4.69, 9.17) is 10.7 Å². The highest BCUT2D eigenvalue weighted by Crippen LogP contribution is 2.09. The van der Waals surface area contributed by atoms with Gasteiger partial charge in [-0.15, -0.1) is 0 Å². The van der Waals surface area contributed by atoms with Gasteiger partial charge in [0, 0.05) is 0 Å². The molecule has 0 bridgehead atoms. The molecule has 80 valence electrons. The van der Waals surface area contributed by atoms with Gasteiger partial charge in [-0.3, -0.25) is 0 Å². The predicted molar refractivity (Wildman–Crippen MR) is 61.5 cm³/mol. The van der Waals surface area contributed by atoms with Gasteiger partial charge < -0.3 is 4.55 Å². The van der Waals surface area contributed by atoms with E-state index in [-0.39, 0.29) is 0 Å². The predicted octanol–water partition coefficient (Wildman–Crippen LogP) is 4.03. The van der Waals surface area contributed by atoms with Crippen molar-refractivity contribution >= 4 is 21.1 Å². The Hall–Kier alpha value is 0.600. The van der Waals surface area contributed by atoms with Crippen molar-refractivity contribution in [3.63, 3.8) is 0 Å². The second kappa shape index (κ2) is 10.7. The molecular weight excluding hydrogens is 204 g/mol. The Morgan fingerprint density at radius 2 is 1.38 bits per heavy atom. The fraction of sp³-hybridized carbons (Fsp3) is 1.00. The van der Waals surface area contributed by atoms with Crippen LogP contribution in [0.5, 0.6) is 0 Å². The Morgan fingerprint density at radius 1 is 0.923 bits per heavy atom. The lowest BCUT2D eigenvalue weighted by Crippen LogP contribution is -1.96. The minimum absolute atomic E-state index is 0.663. The van der Waals surface area contributed by atoms with Crippen LogP contribution >= 0.6 is 10.7 Å². The van der Waals surface area contributed by atoms with Crippen LogP contribution in [0.25, 0.3) is 0 Å². The van der Waals surface area contributed by atoms with Gasteiger partial charge in [-0.1, -0.05) is 45.4 Å². The van der Waals surface area contributed by atoms with Crippen molar-refractivity contribution in [1.82, 2.24) is 0 Å². The van der Waals surface area contributed by atoms with Crippen LogP contribution in [0.1, 0.15) is 58.3 Å². The highest BCUT2D eigenvalue weighted by Gasteiger charge is 1.99. The third-order valence-electron chi connectivity index (χ3n) is 2.16. The van der Waals surface area contributed by atoms with Crippen LogP contribution in [-0.2, 0) is 10.4 Å². The van der Waals surface area contributed by atoms with Crippen molar-refractivity contribution in [3.8, 4) is 0 Å². The monoisotopic (exact) mass is 224 g/mol. The molecule has 0 fully saturated rings. The quantitative estimate of drug-likeness (QED) is 0.429. The molecule has 0 saturated heterocycles. The minimum Gasteiger partial charge on any atom is -0.599 e. The van der Waals surface area contributed by atoms with Gasteiger partial charge in [-0.2, -0.15) is 0 Å². The van der Waals surface area contributed by atoms with Gasteiger partial charge in [0.05, 0.1) is 10.4 Å². The number of hydrogen-bond donors (Lipinski definition) is 0. The standard InChI is InChI=1S/C10H21ClOS/c1-2-3-4-5-6-7-8-9-10-13(11)12/h2-10H2,1H3. The van der Waals surface area contributed by atoms with Gasteiger partial charge in [0.25, 0.3) is 0 Å². The molecule has 0 aliphatic heterocycles. The summed E-state index contributed by atoms with van der Waals surface area (Å²) in [6.07, 6.45) is 10.2. The van der Waals surface area contributed by atoms with Gasteiger partial charge in [0.2, 0.25) is 0 Å². The Kier molecular flexibility index (Phi) is 11.2. The molecule has 1 nitrogen and oxygen atoms in total. The summed E-state index contributed by atoms with van der Waals surface area (Å²) < 4.78 is 10.5. The normalized spacial score (nSPS) is 13.2.